The van der Waals surface area contributed by atoms with E-state index in [4.69, 9.17) is 5.73 Å². The smallest absolute Gasteiger partial charge is 0.192 e. The minimum Gasteiger partial charge on any atom is -0.375 e. The summed E-state index contributed by atoms with van der Waals surface area (Å²) in [5, 5.41) is 2.39. The molecule has 0 fully saturated rings. The van der Waals surface area contributed by atoms with Gasteiger partial charge in [-0.1, -0.05) is 15.9 Å². The van der Waals surface area contributed by atoms with Gasteiger partial charge in [0.1, 0.15) is 5.69 Å². The number of carbonyl (C=O) groups excluding carboxylic acids is 1. The zero-order valence-corrected chi connectivity index (χ0v) is 9.53. The number of ketones is 1. The fourth-order valence-electron chi connectivity index (χ4n) is 0.484. The predicted molar refractivity (Wildman–Crippen MR) is 55.0 cm³/mol. The molecular formula is C5H6Br2N2OS. The van der Waals surface area contributed by atoms with Crippen molar-refractivity contribution in [2.45, 2.75) is 0 Å². The number of halogens is 2. The number of rotatable bonds is 2. The van der Waals surface area contributed by atoms with Crippen LogP contribution in [0, 0.1) is 0 Å². The highest BCUT2D eigenvalue weighted by molar-refractivity contribution is 9.09. The van der Waals surface area contributed by atoms with E-state index < -0.39 is 0 Å². The Balaban J connectivity index is 0.000001000. The Labute approximate surface area is 86.9 Å². The molecule has 11 heavy (non-hydrogen) atoms. The molecule has 62 valence electrons. The summed E-state index contributed by atoms with van der Waals surface area (Å²) in [5.41, 5.74) is 5.75. The van der Waals surface area contributed by atoms with E-state index in [1.54, 1.807) is 5.38 Å². The minimum absolute atomic E-state index is 0. The molecule has 0 saturated carbocycles. The van der Waals surface area contributed by atoms with Crippen molar-refractivity contribution in [3.8, 4) is 0 Å². The number of hydrogen-bond acceptors (Lipinski definition) is 4. The molecule has 1 rings (SSSR count). The number of alkyl halides is 1. The fraction of sp³-hybridized carbons (Fsp3) is 0.200. The van der Waals surface area contributed by atoms with Crippen LogP contribution in [0.3, 0.4) is 0 Å². The van der Waals surface area contributed by atoms with Crippen molar-refractivity contribution >= 4 is 55.2 Å². The molecule has 0 aromatic carbocycles. The third-order valence-electron chi connectivity index (χ3n) is 0.929. The number of hydrogen-bond donors (Lipinski definition) is 1. The van der Waals surface area contributed by atoms with E-state index in [1.807, 2.05) is 0 Å². The molecule has 3 nitrogen and oxygen atoms in total. The second kappa shape index (κ2) is 4.84. The molecule has 1 aromatic heterocycles. The topological polar surface area (TPSA) is 56.0 Å². The largest absolute Gasteiger partial charge is 0.375 e. The summed E-state index contributed by atoms with van der Waals surface area (Å²) in [4.78, 5) is 14.7. The van der Waals surface area contributed by atoms with Gasteiger partial charge >= 0.3 is 0 Å². The summed E-state index contributed by atoms with van der Waals surface area (Å²) in [6.45, 7) is 0. The number of anilines is 1. The first-order chi connectivity index (χ1) is 4.74. The van der Waals surface area contributed by atoms with Crippen molar-refractivity contribution in [3.63, 3.8) is 0 Å². The highest BCUT2D eigenvalue weighted by atomic mass is 79.9. The van der Waals surface area contributed by atoms with Gasteiger partial charge in [-0.3, -0.25) is 4.79 Å². The molecule has 0 aliphatic carbocycles. The lowest BCUT2D eigenvalue weighted by Gasteiger charge is -1.85. The molecule has 0 atom stereocenters. The summed E-state index contributed by atoms with van der Waals surface area (Å²) < 4.78 is 0. The number of nitrogen functional groups attached to an aromatic ring is 1. The Morgan fingerprint density at radius 1 is 1.82 bits per heavy atom. The third-order valence-corrected chi connectivity index (χ3v) is 2.11. The van der Waals surface area contributed by atoms with Crippen LogP contribution in [0.2, 0.25) is 0 Å². The molecular weight excluding hydrogens is 296 g/mol. The van der Waals surface area contributed by atoms with Crippen molar-refractivity contribution in [1.29, 1.82) is 0 Å². The van der Waals surface area contributed by atoms with Crippen molar-refractivity contribution in [2.75, 3.05) is 11.1 Å². The molecule has 0 aliphatic rings. The highest BCUT2D eigenvalue weighted by Crippen LogP contribution is 2.11. The van der Waals surface area contributed by atoms with Gasteiger partial charge in [-0.05, 0) is 0 Å². The van der Waals surface area contributed by atoms with Gasteiger partial charge in [-0.15, -0.1) is 28.3 Å². The van der Waals surface area contributed by atoms with Gasteiger partial charge in [0, 0.05) is 5.38 Å². The van der Waals surface area contributed by atoms with Crippen molar-refractivity contribution < 1.29 is 4.79 Å². The second-order valence-corrected chi connectivity index (χ2v) is 3.08. The van der Waals surface area contributed by atoms with Crippen LogP contribution in [-0.4, -0.2) is 16.1 Å². The lowest BCUT2D eigenvalue weighted by Crippen LogP contribution is -2.00. The number of carbonyl (C=O) groups is 1. The number of thiazole rings is 1. The zero-order valence-electron chi connectivity index (χ0n) is 5.41. The van der Waals surface area contributed by atoms with Crippen LogP contribution >= 0.6 is 44.2 Å². The quantitative estimate of drug-likeness (QED) is 0.670. The van der Waals surface area contributed by atoms with Crippen molar-refractivity contribution in [3.05, 3.63) is 11.1 Å². The van der Waals surface area contributed by atoms with Crippen LogP contribution in [0.1, 0.15) is 10.5 Å². The first-order valence-electron chi connectivity index (χ1n) is 2.54. The summed E-state index contributed by atoms with van der Waals surface area (Å²) in [7, 11) is 0. The summed E-state index contributed by atoms with van der Waals surface area (Å²) in [6, 6.07) is 0. The summed E-state index contributed by atoms with van der Waals surface area (Å²) in [6.07, 6.45) is 0. The van der Waals surface area contributed by atoms with Gasteiger partial charge in [0.15, 0.2) is 10.9 Å². The van der Waals surface area contributed by atoms with Crippen LogP contribution in [-0.2, 0) is 0 Å². The summed E-state index contributed by atoms with van der Waals surface area (Å²) >= 11 is 4.31. The molecule has 0 radical (unpaired) electrons. The minimum atomic E-state index is -0.0343. The van der Waals surface area contributed by atoms with E-state index in [1.165, 1.54) is 11.3 Å². The highest BCUT2D eigenvalue weighted by Gasteiger charge is 2.06. The van der Waals surface area contributed by atoms with Gasteiger partial charge in [0.05, 0.1) is 5.33 Å². The average Bonchev–Trinajstić information content (AvgIpc) is 2.34. The number of nitrogens with two attached hydrogens (primary N) is 1. The zero-order chi connectivity index (χ0) is 7.56. The van der Waals surface area contributed by atoms with Crippen molar-refractivity contribution in [1.82, 2.24) is 4.98 Å². The van der Waals surface area contributed by atoms with Crippen LogP contribution in [0.25, 0.3) is 0 Å². The van der Waals surface area contributed by atoms with E-state index in [0.29, 0.717) is 16.2 Å². The molecule has 0 saturated heterocycles. The number of aromatic nitrogens is 1. The van der Waals surface area contributed by atoms with E-state index in [0.717, 1.165) is 0 Å². The van der Waals surface area contributed by atoms with E-state index >= 15 is 0 Å². The molecule has 0 spiro atoms. The Hall–Kier alpha value is 0.0600. The molecule has 2 N–H and O–H groups in total. The first kappa shape index (κ1) is 11.1. The second-order valence-electron chi connectivity index (χ2n) is 1.63. The maximum Gasteiger partial charge on any atom is 0.192 e. The van der Waals surface area contributed by atoms with Gasteiger partial charge in [0.25, 0.3) is 0 Å². The van der Waals surface area contributed by atoms with E-state index in [9.17, 15) is 4.79 Å². The van der Waals surface area contributed by atoms with Crippen LogP contribution < -0.4 is 5.73 Å². The van der Waals surface area contributed by atoms with Gasteiger partial charge in [-0.25, -0.2) is 4.98 Å². The Kier molecular flexibility index (Phi) is 4.87. The third kappa shape index (κ3) is 2.88. The molecule has 0 aliphatic heterocycles. The van der Waals surface area contributed by atoms with Crippen LogP contribution in [0.5, 0.6) is 0 Å². The Bertz CT molecular complexity index is 250. The number of nitrogens with zero attached hydrogens (tertiary/aromatic N) is 1. The first-order valence-corrected chi connectivity index (χ1v) is 4.54. The number of Topliss-reactive ketones (excluding diaryl/α,β-unsaturated/α-hetero) is 1. The maximum atomic E-state index is 10.9. The summed E-state index contributed by atoms with van der Waals surface area (Å²) in [5.74, 6) is -0.0343. The van der Waals surface area contributed by atoms with Crippen LogP contribution in [0.4, 0.5) is 5.13 Å². The molecule has 0 bridgehead atoms. The van der Waals surface area contributed by atoms with Gasteiger partial charge in [-0.2, -0.15) is 0 Å². The lowest BCUT2D eigenvalue weighted by molar-refractivity contribution is 0.102. The molecule has 1 heterocycles. The van der Waals surface area contributed by atoms with Gasteiger partial charge < -0.3 is 5.73 Å². The van der Waals surface area contributed by atoms with Crippen LogP contribution in [0.15, 0.2) is 5.38 Å². The Morgan fingerprint density at radius 2 is 2.45 bits per heavy atom. The van der Waals surface area contributed by atoms with E-state index in [2.05, 4.69) is 20.9 Å². The average molecular weight is 302 g/mol. The normalized spacial score (nSPS) is 8.82. The molecule has 6 heteroatoms. The fourth-order valence-corrected chi connectivity index (χ4v) is 1.34. The lowest BCUT2D eigenvalue weighted by atomic mass is 10.4. The van der Waals surface area contributed by atoms with Gasteiger partial charge in [0.2, 0.25) is 0 Å². The van der Waals surface area contributed by atoms with E-state index in [-0.39, 0.29) is 22.8 Å². The Morgan fingerprint density at radius 3 is 2.82 bits per heavy atom. The standard InChI is InChI=1S/C5H5BrN2OS.BrH/c6-1-4(9)3-2-10-5(7)8-3;/h2H,1H2,(H2,7,8);1H. The molecule has 0 amide bonds. The SMILES string of the molecule is Br.Nc1nc(C(=O)CBr)cs1. The monoisotopic (exact) mass is 300 g/mol. The maximum absolute atomic E-state index is 10.9. The molecule has 1 aromatic rings. The van der Waals surface area contributed by atoms with Crippen molar-refractivity contribution in [2.24, 2.45) is 0 Å². The predicted octanol–water partition coefficient (Wildman–Crippen LogP) is 1.88. The molecule has 0 unspecified atom stereocenters.